The van der Waals surface area contributed by atoms with Crippen LogP contribution < -0.4 is 5.56 Å². The van der Waals surface area contributed by atoms with E-state index in [4.69, 9.17) is 14.5 Å². The van der Waals surface area contributed by atoms with Gasteiger partial charge in [0.15, 0.2) is 0 Å². The molecular formula is C31H36N4O5. The Kier molecular flexibility index (Phi) is 8.19. The molecule has 1 saturated heterocycles. The van der Waals surface area contributed by atoms with Crippen molar-refractivity contribution in [3.8, 4) is 0 Å². The summed E-state index contributed by atoms with van der Waals surface area (Å²) in [5, 5.41) is 0. The molecule has 9 nitrogen and oxygen atoms in total. The highest BCUT2D eigenvalue weighted by Gasteiger charge is 2.32. The predicted octanol–water partition coefficient (Wildman–Crippen LogP) is 4.69. The first kappa shape index (κ1) is 27.4. The standard InChI is InChI=1S/C31H36N4O5/c1-21(2)39-30(37)33-17-10-15-25(19-33)40-31(38)34-18-16-26-27(20-34)32-22(3)35(29(26)36)28(23-11-6-4-7-12-23)24-13-8-5-9-14-24/h4-9,11-14,21,25,28H,10,15-20H2,1-3H3. The van der Waals surface area contributed by atoms with Crippen molar-refractivity contribution in [2.45, 2.75) is 64.8 Å². The number of carbonyl (C=O) groups is 2. The number of fused-ring (bicyclic) bond motifs is 1. The van der Waals surface area contributed by atoms with Crippen LogP contribution in [0.25, 0.3) is 0 Å². The third-order valence-electron chi connectivity index (χ3n) is 7.43. The fourth-order valence-electron chi connectivity index (χ4n) is 5.54. The first-order valence-electron chi connectivity index (χ1n) is 13.9. The molecule has 3 aromatic rings. The van der Waals surface area contributed by atoms with Crippen LogP contribution in [0.2, 0.25) is 0 Å². The second kappa shape index (κ2) is 11.9. The number of ether oxygens (including phenoxy) is 2. The van der Waals surface area contributed by atoms with Crippen LogP contribution in [0.5, 0.6) is 0 Å². The highest BCUT2D eigenvalue weighted by molar-refractivity contribution is 5.69. The smallest absolute Gasteiger partial charge is 0.410 e. The number of nitrogens with zero attached hydrogens (tertiary/aromatic N) is 4. The van der Waals surface area contributed by atoms with Gasteiger partial charge < -0.3 is 19.3 Å². The summed E-state index contributed by atoms with van der Waals surface area (Å²) in [6, 6.07) is 19.6. The number of aryl methyl sites for hydroxylation is 1. The van der Waals surface area contributed by atoms with E-state index in [0.717, 1.165) is 17.5 Å². The fraction of sp³-hybridized carbons (Fsp3) is 0.419. The van der Waals surface area contributed by atoms with Crippen molar-refractivity contribution in [1.29, 1.82) is 0 Å². The lowest BCUT2D eigenvalue weighted by Crippen LogP contribution is -2.47. The molecule has 2 aliphatic rings. The zero-order chi connectivity index (χ0) is 28.2. The molecule has 2 aromatic carbocycles. The molecule has 0 bridgehead atoms. The minimum Gasteiger partial charge on any atom is -0.447 e. The molecule has 1 aromatic heterocycles. The minimum absolute atomic E-state index is 0.0835. The van der Waals surface area contributed by atoms with Gasteiger partial charge in [0.2, 0.25) is 0 Å². The van der Waals surface area contributed by atoms with Gasteiger partial charge in [-0.1, -0.05) is 60.7 Å². The second-order valence-electron chi connectivity index (χ2n) is 10.7. The van der Waals surface area contributed by atoms with Crippen LogP contribution in [-0.2, 0) is 22.4 Å². The van der Waals surface area contributed by atoms with Crippen LogP contribution in [0.3, 0.4) is 0 Å². The maximum absolute atomic E-state index is 13.9. The summed E-state index contributed by atoms with van der Waals surface area (Å²) in [5.74, 6) is 0.586. The van der Waals surface area contributed by atoms with Crippen molar-refractivity contribution in [1.82, 2.24) is 19.4 Å². The lowest BCUT2D eigenvalue weighted by molar-refractivity contribution is 0.00994. The lowest BCUT2D eigenvalue weighted by Gasteiger charge is -2.34. The van der Waals surface area contributed by atoms with Gasteiger partial charge in [-0.2, -0.15) is 0 Å². The van der Waals surface area contributed by atoms with Gasteiger partial charge in [0.25, 0.3) is 5.56 Å². The number of aromatic nitrogens is 2. The SMILES string of the molecule is Cc1nc2c(c(=O)n1C(c1ccccc1)c1ccccc1)CCN(C(=O)OC1CCCN(C(=O)OC(C)C)C1)C2. The van der Waals surface area contributed by atoms with Crippen molar-refractivity contribution in [3.63, 3.8) is 0 Å². The molecule has 0 radical (unpaired) electrons. The molecule has 0 spiro atoms. The molecule has 40 heavy (non-hydrogen) atoms. The Labute approximate surface area is 234 Å². The first-order valence-corrected chi connectivity index (χ1v) is 13.9. The summed E-state index contributed by atoms with van der Waals surface area (Å²) in [4.78, 5) is 47.4. The molecule has 0 saturated carbocycles. The maximum atomic E-state index is 13.9. The van der Waals surface area contributed by atoms with E-state index in [1.165, 1.54) is 0 Å². The van der Waals surface area contributed by atoms with Crippen LogP contribution in [-0.4, -0.2) is 63.4 Å². The van der Waals surface area contributed by atoms with Crippen molar-refractivity contribution < 1.29 is 19.1 Å². The summed E-state index contributed by atoms with van der Waals surface area (Å²) < 4.78 is 12.9. The molecular weight excluding hydrogens is 508 g/mol. The summed E-state index contributed by atoms with van der Waals surface area (Å²) in [6.07, 6.45) is 0.363. The van der Waals surface area contributed by atoms with E-state index >= 15 is 0 Å². The van der Waals surface area contributed by atoms with E-state index in [-0.39, 0.29) is 30.3 Å². The summed E-state index contributed by atoms with van der Waals surface area (Å²) in [5.41, 5.74) is 3.15. The van der Waals surface area contributed by atoms with Gasteiger partial charge in [-0.05, 0) is 51.2 Å². The predicted molar refractivity (Wildman–Crippen MR) is 150 cm³/mol. The molecule has 1 fully saturated rings. The van der Waals surface area contributed by atoms with Crippen molar-refractivity contribution >= 4 is 12.2 Å². The van der Waals surface area contributed by atoms with Crippen LogP contribution in [0.1, 0.15) is 60.9 Å². The normalized spacial score (nSPS) is 17.1. The minimum atomic E-state index is -0.454. The average Bonchev–Trinajstić information content (AvgIpc) is 2.95. The van der Waals surface area contributed by atoms with Gasteiger partial charge >= 0.3 is 12.2 Å². The molecule has 2 amide bonds. The molecule has 3 heterocycles. The number of rotatable bonds is 5. The van der Waals surface area contributed by atoms with E-state index < -0.39 is 12.2 Å². The Hall–Kier alpha value is -4.14. The van der Waals surface area contributed by atoms with Crippen LogP contribution in [0.15, 0.2) is 65.5 Å². The fourth-order valence-corrected chi connectivity index (χ4v) is 5.54. The van der Waals surface area contributed by atoms with Gasteiger partial charge in [-0.15, -0.1) is 0 Å². The van der Waals surface area contributed by atoms with Crippen molar-refractivity contribution in [2.75, 3.05) is 19.6 Å². The van der Waals surface area contributed by atoms with E-state index in [1.54, 1.807) is 14.4 Å². The Bertz CT molecular complexity index is 1370. The zero-order valence-corrected chi connectivity index (χ0v) is 23.3. The Morgan fingerprint density at radius 1 is 0.925 bits per heavy atom. The van der Waals surface area contributed by atoms with E-state index in [0.29, 0.717) is 49.6 Å². The largest absolute Gasteiger partial charge is 0.447 e. The van der Waals surface area contributed by atoms with E-state index in [2.05, 4.69) is 0 Å². The third kappa shape index (κ3) is 5.88. The highest BCUT2D eigenvalue weighted by atomic mass is 16.6. The molecule has 210 valence electrons. The van der Waals surface area contributed by atoms with Gasteiger partial charge in [0.05, 0.1) is 30.9 Å². The Balaban J connectivity index is 1.34. The molecule has 9 heteroatoms. The lowest BCUT2D eigenvalue weighted by atomic mass is 9.97. The van der Waals surface area contributed by atoms with Crippen LogP contribution >= 0.6 is 0 Å². The van der Waals surface area contributed by atoms with Crippen LogP contribution in [0.4, 0.5) is 9.59 Å². The number of likely N-dealkylation sites (tertiary alicyclic amines) is 1. The number of hydrogen-bond donors (Lipinski definition) is 0. The Morgan fingerprint density at radius 2 is 1.57 bits per heavy atom. The molecule has 1 unspecified atom stereocenters. The molecule has 0 aliphatic carbocycles. The number of carbonyl (C=O) groups excluding carboxylic acids is 2. The average molecular weight is 545 g/mol. The molecule has 5 rings (SSSR count). The summed E-state index contributed by atoms with van der Waals surface area (Å²) >= 11 is 0. The molecule has 0 N–H and O–H groups in total. The zero-order valence-electron chi connectivity index (χ0n) is 23.3. The monoisotopic (exact) mass is 544 g/mol. The summed E-state index contributed by atoms with van der Waals surface area (Å²) in [6.45, 7) is 6.91. The Morgan fingerprint density at radius 3 is 2.20 bits per heavy atom. The number of amides is 2. The number of hydrogen-bond acceptors (Lipinski definition) is 6. The van der Waals surface area contributed by atoms with Crippen molar-refractivity contribution in [3.05, 3.63) is 99.2 Å². The van der Waals surface area contributed by atoms with Gasteiger partial charge in [0, 0.05) is 18.7 Å². The first-order chi connectivity index (χ1) is 19.3. The molecule has 1 atom stereocenters. The van der Waals surface area contributed by atoms with Gasteiger partial charge in [-0.3, -0.25) is 9.36 Å². The number of piperidine rings is 1. The second-order valence-corrected chi connectivity index (χ2v) is 10.7. The quantitative estimate of drug-likeness (QED) is 0.463. The van der Waals surface area contributed by atoms with Gasteiger partial charge in [-0.25, -0.2) is 14.6 Å². The van der Waals surface area contributed by atoms with Crippen LogP contribution in [0, 0.1) is 6.92 Å². The highest BCUT2D eigenvalue weighted by Crippen LogP contribution is 2.28. The van der Waals surface area contributed by atoms with Gasteiger partial charge in [0.1, 0.15) is 11.9 Å². The van der Waals surface area contributed by atoms with Crippen molar-refractivity contribution in [2.24, 2.45) is 0 Å². The topological polar surface area (TPSA) is 94.0 Å². The van der Waals surface area contributed by atoms with E-state index in [1.807, 2.05) is 81.4 Å². The third-order valence-corrected chi connectivity index (χ3v) is 7.43. The summed E-state index contributed by atoms with van der Waals surface area (Å²) in [7, 11) is 0. The number of benzene rings is 2. The molecule has 2 aliphatic heterocycles. The maximum Gasteiger partial charge on any atom is 0.410 e. The van der Waals surface area contributed by atoms with E-state index in [9.17, 15) is 14.4 Å².